The van der Waals surface area contributed by atoms with Crippen molar-refractivity contribution in [1.82, 2.24) is 10.2 Å². The van der Waals surface area contributed by atoms with Gasteiger partial charge < -0.3 is 10.2 Å². The van der Waals surface area contributed by atoms with E-state index in [0.717, 1.165) is 18.6 Å². The number of nitrogens with zero attached hydrogens (tertiary/aromatic N) is 1. The molecule has 1 aliphatic carbocycles. The van der Waals surface area contributed by atoms with Gasteiger partial charge in [0.25, 0.3) is 0 Å². The van der Waals surface area contributed by atoms with Crippen LogP contribution in [0.3, 0.4) is 0 Å². The van der Waals surface area contributed by atoms with E-state index in [4.69, 9.17) is 0 Å². The lowest BCUT2D eigenvalue weighted by Gasteiger charge is -2.27. The molecule has 5 heteroatoms. The molecule has 0 aromatic rings. The summed E-state index contributed by atoms with van der Waals surface area (Å²) in [5.74, 6) is 1.16. The van der Waals surface area contributed by atoms with Crippen molar-refractivity contribution in [3.63, 3.8) is 0 Å². The van der Waals surface area contributed by atoms with Crippen molar-refractivity contribution in [1.29, 1.82) is 0 Å². The third-order valence-electron chi connectivity index (χ3n) is 4.32. The Morgan fingerprint density at radius 3 is 2.65 bits per heavy atom. The van der Waals surface area contributed by atoms with Crippen molar-refractivity contribution in [2.45, 2.75) is 63.5 Å². The standard InChI is InChI=1S/C15H26N2O2S/c1-20-9-8-14(18)16-12-10-15(19)17(11-12)13-6-4-2-3-5-7-13/h12-13H,2-11H2,1H3,(H,16,18)/t12-/m0/s1. The Morgan fingerprint density at radius 2 is 2.00 bits per heavy atom. The quantitative estimate of drug-likeness (QED) is 0.792. The van der Waals surface area contributed by atoms with Gasteiger partial charge in [0.05, 0.1) is 6.04 Å². The molecule has 0 aromatic heterocycles. The van der Waals surface area contributed by atoms with Gasteiger partial charge >= 0.3 is 0 Å². The Balaban J connectivity index is 1.81. The van der Waals surface area contributed by atoms with Gasteiger partial charge in [-0.15, -0.1) is 0 Å². The first kappa shape index (κ1) is 15.7. The second kappa shape index (κ2) is 7.91. The summed E-state index contributed by atoms with van der Waals surface area (Å²) in [7, 11) is 0. The van der Waals surface area contributed by atoms with Gasteiger partial charge in [0, 0.05) is 31.2 Å². The summed E-state index contributed by atoms with van der Waals surface area (Å²) in [6.07, 6.45) is 10.4. The summed E-state index contributed by atoms with van der Waals surface area (Å²) < 4.78 is 0. The summed E-state index contributed by atoms with van der Waals surface area (Å²) >= 11 is 1.68. The molecule has 114 valence electrons. The molecule has 1 saturated heterocycles. The van der Waals surface area contributed by atoms with Crippen molar-refractivity contribution < 1.29 is 9.59 Å². The van der Waals surface area contributed by atoms with Crippen molar-refractivity contribution in [2.24, 2.45) is 0 Å². The van der Waals surface area contributed by atoms with Crippen LogP contribution in [0.25, 0.3) is 0 Å². The zero-order valence-electron chi connectivity index (χ0n) is 12.4. The SMILES string of the molecule is CSCCC(=O)N[C@H]1CC(=O)N(C2CCCCCC2)C1. The third-order valence-corrected chi connectivity index (χ3v) is 4.93. The molecule has 1 N–H and O–H groups in total. The Bertz CT molecular complexity index is 341. The number of amides is 2. The van der Waals surface area contributed by atoms with E-state index in [2.05, 4.69) is 5.32 Å². The van der Waals surface area contributed by atoms with Gasteiger partial charge in [-0.1, -0.05) is 25.7 Å². The first-order chi connectivity index (χ1) is 9.70. The molecule has 2 rings (SSSR count). The van der Waals surface area contributed by atoms with Gasteiger partial charge in [-0.25, -0.2) is 0 Å². The molecule has 1 saturated carbocycles. The largest absolute Gasteiger partial charge is 0.351 e. The van der Waals surface area contributed by atoms with Crippen LogP contribution < -0.4 is 5.32 Å². The number of nitrogens with one attached hydrogen (secondary N) is 1. The van der Waals surface area contributed by atoms with Crippen LogP contribution in [-0.4, -0.2) is 47.4 Å². The first-order valence-electron chi connectivity index (χ1n) is 7.78. The third kappa shape index (κ3) is 4.40. The zero-order chi connectivity index (χ0) is 14.4. The monoisotopic (exact) mass is 298 g/mol. The molecule has 1 atom stereocenters. The molecule has 20 heavy (non-hydrogen) atoms. The van der Waals surface area contributed by atoms with Crippen LogP contribution in [-0.2, 0) is 9.59 Å². The van der Waals surface area contributed by atoms with Crippen molar-refractivity contribution in [3.8, 4) is 0 Å². The Kier molecular flexibility index (Phi) is 6.20. The lowest BCUT2D eigenvalue weighted by atomic mass is 10.1. The van der Waals surface area contributed by atoms with E-state index in [9.17, 15) is 9.59 Å². The Morgan fingerprint density at radius 1 is 1.30 bits per heavy atom. The van der Waals surface area contributed by atoms with Crippen LogP contribution in [0.1, 0.15) is 51.4 Å². The summed E-state index contributed by atoms with van der Waals surface area (Å²) in [6.45, 7) is 0.717. The smallest absolute Gasteiger partial charge is 0.225 e. The maximum Gasteiger partial charge on any atom is 0.225 e. The topological polar surface area (TPSA) is 49.4 Å². The van der Waals surface area contributed by atoms with Gasteiger partial charge in [0.15, 0.2) is 0 Å². The van der Waals surface area contributed by atoms with E-state index in [1.807, 2.05) is 11.2 Å². The molecule has 4 nitrogen and oxygen atoms in total. The number of hydrogen-bond acceptors (Lipinski definition) is 3. The highest BCUT2D eigenvalue weighted by Gasteiger charge is 2.34. The van der Waals surface area contributed by atoms with E-state index in [-0.39, 0.29) is 17.9 Å². The fourth-order valence-electron chi connectivity index (χ4n) is 3.25. The van der Waals surface area contributed by atoms with E-state index in [1.165, 1.54) is 25.7 Å². The van der Waals surface area contributed by atoms with Crippen LogP contribution in [0, 0.1) is 0 Å². The van der Waals surface area contributed by atoms with Crippen LogP contribution in [0.5, 0.6) is 0 Å². The highest BCUT2D eigenvalue weighted by Crippen LogP contribution is 2.25. The van der Waals surface area contributed by atoms with E-state index in [0.29, 0.717) is 25.4 Å². The summed E-state index contributed by atoms with van der Waals surface area (Å²) in [4.78, 5) is 25.9. The zero-order valence-corrected chi connectivity index (χ0v) is 13.2. The average molecular weight is 298 g/mol. The fourth-order valence-corrected chi connectivity index (χ4v) is 3.63. The Labute approximate surface area is 126 Å². The maximum atomic E-state index is 12.2. The molecule has 0 aromatic carbocycles. The number of carbonyl (C=O) groups is 2. The average Bonchev–Trinajstić information content (AvgIpc) is 2.66. The van der Waals surface area contributed by atoms with Crippen molar-refractivity contribution in [2.75, 3.05) is 18.6 Å². The molecular weight excluding hydrogens is 272 g/mol. The van der Waals surface area contributed by atoms with Crippen LogP contribution in [0.2, 0.25) is 0 Å². The van der Waals surface area contributed by atoms with Crippen molar-refractivity contribution >= 4 is 23.6 Å². The molecule has 1 aliphatic heterocycles. The predicted octanol–water partition coefficient (Wildman–Crippen LogP) is 2.18. The Hall–Kier alpha value is -0.710. The molecule has 0 unspecified atom stereocenters. The van der Waals surface area contributed by atoms with Gasteiger partial charge in [-0.3, -0.25) is 9.59 Å². The molecule has 0 spiro atoms. The van der Waals surface area contributed by atoms with Crippen LogP contribution in [0.15, 0.2) is 0 Å². The van der Waals surface area contributed by atoms with E-state index < -0.39 is 0 Å². The predicted molar refractivity (Wildman–Crippen MR) is 82.7 cm³/mol. The normalized spacial score (nSPS) is 24.8. The van der Waals surface area contributed by atoms with Gasteiger partial charge in [0.1, 0.15) is 0 Å². The van der Waals surface area contributed by atoms with Gasteiger partial charge in [-0.05, 0) is 19.1 Å². The molecule has 2 fully saturated rings. The minimum Gasteiger partial charge on any atom is -0.351 e. The molecule has 2 amide bonds. The highest BCUT2D eigenvalue weighted by molar-refractivity contribution is 7.98. The second-order valence-corrected chi connectivity index (χ2v) is 6.89. The van der Waals surface area contributed by atoms with E-state index in [1.54, 1.807) is 11.8 Å². The molecule has 2 aliphatic rings. The fraction of sp³-hybridized carbons (Fsp3) is 0.867. The number of carbonyl (C=O) groups excluding carboxylic acids is 2. The lowest BCUT2D eigenvalue weighted by Crippen LogP contribution is -2.40. The number of hydrogen-bond donors (Lipinski definition) is 1. The van der Waals surface area contributed by atoms with E-state index >= 15 is 0 Å². The minimum absolute atomic E-state index is 0.0279. The maximum absolute atomic E-state index is 12.2. The first-order valence-corrected chi connectivity index (χ1v) is 9.18. The summed E-state index contributed by atoms with van der Waals surface area (Å²) in [5, 5.41) is 3.01. The highest BCUT2D eigenvalue weighted by atomic mass is 32.2. The lowest BCUT2D eigenvalue weighted by molar-refractivity contribution is -0.129. The minimum atomic E-state index is 0.0279. The van der Waals surface area contributed by atoms with Gasteiger partial charge in [-0.2, -0.15) is 11.8 Å². The number of thioether (sulfide) groups is 1. The summed E-state index contributed by atoms with van der Waals surface area (Å²) in [5.41, 5.74) is 0. The molecule has 0 radical (unpaired) electrons. The number of rotatable bonds is 5. The number of likely N-dealkylation sites (tertiary alicyclic amines) is 1. The van der Waals surface area contributed by atoms with Crippen LogP contribution in [0.4, 0.5) is 0 Å². The molecule has 0 bridgehead atoms. The van der Waals surface area contributed by atoms with Crippen molar-refractivity contribution in [3.05, 3.63) is 0 Å². The van der Waals surface area contributed by atoms with Crippen LogP contribution >= 0.6 is 11.8 Å². The molecule has 1 heterocycles. The summed E-state index contributed by atoms with van der Waals surface area (Å²) in [6, 6.07) is 0.443. The second-order valence-electron chi connectivity index (χ2n) is 5.90. The van der Waals surface area contributed by atoms with Gasteiger partial charge in [0.2, 0.25) is 11.8 Å². The molecular formula is C15H26N2O2S.